The van der Waals surface area contributed by atoms with E-state index >= 15 is 0 Å². The number of carboxylic acids is 1. The maximum absolute atomic E-state index is 11.6. The molecular weight excluding hydrogens is 306 g/mol. The second-order valence-electron chi connectivity index (χ2n) is 4.36. The van der Waals surface area contributed by atoms with E-state index in [4.69, 9.17) is 15.3 Å². The van der Waals surface area contributed by atoms with Gasteiger partial charge in [-0.05, 0) is 18.4 Å². The Labute approximate surface area is 125 Å². The molecule has 21 heavy (non-hydrogen) atoms. The van der Waals surface area contributed by atoms with Crippen LogP contribution in [-0.2, 0) is 9.59 Å². The number of thioether (sulfide) groups is 1. The van der Waals surface area contributed by atoms with Gasteiger partial charge in [-0.3, -0.25) is 4.79 Å². The van der Waals surface area contributed by atoms with Crippen molar-refractivity contribution in [3.8, 4) is 0 Å². The fourth-order valence-corrected chi connectivity index (χ4v) is 1.90. The van der Waals surface area contributed by atoms with Gasteiger partial charge in [0.1, 0.15) is 24.4 Å². The Morgan fingerprint density at radius 3 is 2.14 bits per heavy atom. The number of carboxylic acid groups (broad SMARTS) is 1. The molecule has 5 atom stereocenters. The molecular formula is C11H21NO8S. The van der Waals surface area contributed by atoms with Crippen LogP contribution in [0.5, 0.6) is 0 Å². The summed E-state index contributed by atoms with van der Waals surface area (Å²) in [7, 11) is 0. The van der Waals surface area contributed by atoms with Crippen LogP contribution in [0.2, 0.25) is 0 Å². The molecule has 0 saturated heterocycles. The Balaban J connectivity index is 4.64. The second kappa shape index (κ2) is 9.92. The first kappa shape index (κ1) is 20.1. The number of aliphatic hydroxyl groups is 5. The van der Waals surface area contributed by atoms with Gasteiger partial charge in [-0.1, -0.05) is 0 Å². The van der Waals surface area contributed by atoms with E-state index in [9.17, 15) is 24.9 Å². The van der Waals surface area contributed by atoms with E-state index in [0.717, 1.165) is 0 Å². The SMILES string of the molecule is CSCC[C@H](NC(=O)[C@H](O)[C@H](O)[C@@H](O)[C@H](O)CO)C(=O)O. The molecule has 0 rings (SSSR count). The standard InChI is InChI=1S/C11H21NO8S/c1-21-3-2-5(11(19)20)12-10(18)9(17)8(16)7(15)6(14)4-13/h5-9,13-17H,2-4H2,1H3,(H,12,18)(H,19,20)/t5-,6+,7-,8+,9+/m0/s1. The van der Waals surface area contributed by atoms with Gasteiger partial charge in [-0.2, -0.15) is 11.8 Å². The molecule has 1 amide bonds. The van der Waals surface area contributed by atoms with Crippen molar-refractivity contribution < 1.29 is 40.2 Å². The Kier molecular flexibility index (Phi) is 9.49. The van der Waals surface area contributed by atoms with Gasteiger partial charge in [0, 0.05) is 0 Å². The zero-order chi connectivity index (χ0) is 16.6. The Morgan fingerprint density at radius 1 is 1.14 bits per heavy atom. The highest BCUT2D eigenvalue weighted by Crippen LogP contribution is 2.07. The minimum atomic E-state index is -2.14. The van der Waals surface area contributed by atoms with E-state index in [1.54, 1.807) is 6.26 Å². The van der Waals surface area contributed by atoms with E-state index in [0.29, 0.717) is 5.75 Å². The highest BCUT2D eigenvalue weighted by molar-refractivity contribution is 7.98. The number of hydrogen-bond donors (Lipinski definition) is 7. The van der Waals surface area contributed by atoms with E-state index in [1.807, 2.05) is 5.32 Å². The molecule has 0 fully saturated rings. The van der Waals surface area contributed by atoms with Gasteiger partial charge < -0.3 is 36.0 Å². The van der Waals surface area contributed by atoms with E-state index in [2.05, 4.69) is 0 Å². The molecule has 0 radical (unpaired) electrons. The molecule has 124 valence electrons. The largest absolute Gasteiger partial charge is 0.480 e. The minimum absolute atomic E-state index is 0.118. The monoisotopic (exact) mass is 327 g/mol. The number of carbonyl (C=O) groups excluding carboxylic acids is 1. The molecule has 0 bridgehead atoms. The second-order valence-corrected chi connectivity index (χ2v) is 5.34. The topological polar surface area (TPSA) is 168 Å². The molecule has 0 aromatic carbocycles. The maximum Gasteiger partial charge on any atom is 0.326 e. The molecule has 9 nitrogen and oxygen atoms in total. The van der Waals surface area contributed by atoms with Gasteiger partial charge in [-0.15, -0.1) is 0 Å². The molecule has 0 aromatic rings. The van der Waals surface area contributed by atoms with Crippen LogP contribution in [0.15, 0.2) is 0 Å². The lowest BCUT2D eigenvalue weighted by atomic mass is 10.0. The predicted molar refractivity (Wildman–Crippen MR) is 73.7 cm³/mol. The lowest BCUT2D eigenvalue weighted by Gasteiger charge is -2.25. The average Bonchev–Trinajstić information content (AvgIpc) is 2.47. The summed E-state index contributed by atoms with van der Waals surface area (Å²) < 4.78 is 0. The zero-order valence-electron chi connectivity index (χ0n) is 11.4. The van der Waals surface area contributed by atoms with Crippen LogP contribution in [0.25, 0.3) is 0 Å². The summed E-state index contributed by atoms with van der Waals surface area (Å²) in [5.41, 5.74) is 0. The Bertz CT molecular complexity index is 342. The van der Waals surface area contributed by atoms with Crippen molar-refractivity contribution >= 4 is 23.6 Å². The molecule has 7 N–H and O–H groups in total. The van der Waals surface area contributed by atoms with Crippen LogP contribution < -0.4 is 5.32 Å². The summed E-state index contributed by atoms with van der Waals surface area (Å²) in [5, 5.41) is 57.1. The molecule has 0 aromatic heterocycles. The fourth-order valence-electron chi connectivity index (χ4n) is 1.43. The molecule has 0 aliphatic rings. The van der Waals surface area contributed by atoms with Crippen molar-refractivity contribution in [3.05, 3.63) is 0 Å². The smallest absolute Gasteiger partial charge is 0.326 e. The molecule has 0 aliphatic heterocycles. The van der Waals surface area contributed by atoms with Crippen molar-refractivity contribution in [2.24, 2.45) is 0 Å². The van der Waals surface area contributed by atoms with Gasteiger partial charge in [0.15, 0.2) is 6.10 Å². The molecule has 0 saturated carbocycles. The fraction of sp³-hybridized carbons (Fsp3) is 0.818. The summed E-state index contributed by atoms with van der Waals surface area (Å²) in [6, 6.07) is -1.24. The van der Waals surface area contributed by atoms with E-state index in [-0.39, 0.29) is 6.42 Å². The number of nitrogens with one attached hydrogen (secondary N) is 1. The molecule has 0 unspecified atom stereocenters. The van der Waals surface area contributed by atoms with Crippen LogP contribution in [0, 0.1) is 0 Å². The van der Waals surface area contributed by atoms with Gasteiger partial charge in [0.25, 0.3) is 5.91 Å². The van der Waals surface area contributed by atoms with Crippen molar-refractivity contribution in [2.75, 3.05) is 18.6 Å². The third kappa shape index (κ3) is 6.59. The lowest BCUT2D eigenvalue weighted by molar-refractivity contribution is -0.153. The summed E-state index contributed by atoms with van der Waals surface area (Å²) in [6.07, 6.45) is -6.03. The Morgan fingerprint density at radius 2 is 1.71 bits per heavy atom. The Hall–Kier alpha value is -0.910. The van der Waals surface area contributed by atoms with Crippen molar-refractivity contribution in [1.82, 2.24) is 5.32 Å². The van der Waals surface area contributed by atoms with Crippen LogP contribution in [0.3, 0.4) is 0 Å². The van der Waals surface area contributed by atoms with Gasteiger partial charge in [0.2, 0.25) is 0 Å². The third-order valence-electron chi connectivity index (χ3n) is 2.75. The number of aliphatic carboxylic acids is 1. The predicted octanol–water partition coefficient (Wildman–Crippen LogP) is -3.26. The minimum Gasteiger partial charge on any atom is -0.480 e. The number of carbonyl (C=O) groups is 2. The average molecular weight is 327 g/mol. The van der Waals surface area contributed by atoms with Crippen molar-refractivity contribution in [1.29, 1.82) is 0 Å². The van der Waals surface area contributed by atoms with Crippen molar-refractivity contribution in [3.63, 3.8) is 0 Å². The maximum atomic E-state index is 11.6. The summed E-state index contributed by atoms with van der Waals surface area (Å²) in [5.74, 6) is -2.03. The van der Waals surface area contributed by atoms with Crippen LogP contribution in [0.1, 0.15) is 6.42 Å². The van der Waals surface area contributed by atoms with Gasteiger partial charge >= 0.3 is 5.97 Å². The lowest BCUT2D eigenvalue weighted by Crippen LogP contribution is -2.54. The number of hydrogen-bond acceptors (Lipinski definition) is 8. The quantitative estimate of drug-likeness (QED) is 0.218. The highest BCUT2D eigenvalue weighted by atomic mass is 32.2. The molecule has 10 heteroatoms. The summed E-state index contributed by atoms with van der Waals surface area (Å²) in [6.45, 7) is -0.877. The number of amides is 1. The molecule has 0 heterocycles. The first-order valence-electron chi connectivity index (χ1n) is 6.11. The van der Waals surface area contributed by atoms with Crippen molar-refractivity contribution in [2.45, 2.75) is 36.9 Å². The summed E-state index contributed by atoms with van der Waals surface area (Å²) in [4.78, 5) is 22.6. The van der Waals surface area contributed by atoms with Crippen LogP contribution >= 0.6 is 11.8 Å². The van der Waals surface area contributed by atoms with Crippen LogP contribution in [0.4, 0.5) is 0 Å². The third-order valence-corrected chi connectivity index (χ3v) is 3.39. The van der Waals surface area contributed by atoms with Crippen LogP contribution in [-0.4, -0.2) is 91.6 Å². The molecule has 0 spiro atoms. The first-order valence-corrected chi connectivity index (χ1v) is 7.50. The van der Waals surface area contributed by atoms with E-state index in [1.165, 1.54) is 11.8 Å². The normalized spacial score (nSPS) is 18.4. The first-order chi connectivity index (χ1) is 9.76. The molecule has 0 aliphatic carbocycles. The van der Waals surface area contributed by atoms with Gasteiger partial charge in [-0.25, -0.2) is 4.79 Å². The summed E-state index contributed by atoms with van der Waals surface area (Å²) >= 11 is 1.37. The van der Waals surface area contributed by atoms with E-state index < -0.39 is 48.9 Å². The number of rotatable bonds is 10. The number of aliphatic hydroxyl groups excluding tert-OH is 5. The van der Waals surface area contributed by atoms with Gasteiger partial charge in [0.05, 0.1) is 6.61 Å². The highest BCUT2D eigenvalue weighted by Gasteiger charge is 2.35. The zero-order valence-corrected chi connectivity index (χ0v) is 12.2.